The van der Waals surface area contributed by atoms with Crippen LogP contribution in [0.3, 0.4) is 0 Å². The van der Waals surface area contributed by atoms with E-state index in [1.54, 1.807) is 18.7 Å². The summed E-state index contributed by atoms with van der Waals surface area (Å²) in [5.41, 5.74) is 1.93. The van der Waals surface area contributed by atoms with Crippen molar-refractivity contribution < 1.29 is 14.3 Å². The van der Waals surface area contributed by atoms with Gasteiger partial charge in [0.1, 0.15) is 17.9 Å². The van der Waals surface area contributed by atoms with E-state index in [1.165, 1.54) is 0 Å². The maximum Gasteiger partial charge on any atom is 0.225 e. The molecule has 3 aromatic rings. The number of fused-ring (bicyclic) bond motifs is 1. The zero-order chi connectivity index (χ0) is 18.6. The first-order valence-corrected chi connectivity index (χ1v) is 12.4. The molecule has 8 nitrogen and oxygen atoms in total. The second kappa shape index (κ2) is 7.98. The summed E-state index contributed by atoms with van der Waals surface area (Å²) in [4.78, 5) is 13.5. The number of imidazole rings is 1. The monoisotopic (exact) mass is 375 g/mol. The smallest absolute Gasteiger partial charge is 0.225 e. The lowest BCUT2D eigenvalue weighted by Crippen LogP contribution is -2.22. The second-order valence-electron chi connectivity index (χ2n) is 7.26. The molecule has 0 unspecified atom stereocenters. The molecule has 0 atom stereocenters. The van der Waals surface area contributed by atoms with Crippen molar-refractivity contribution in [3.63, 3.8) is 0 Å². The Hall–Kier alpha value is -2.23. The van der Waals surface area contributed by atoms with Gasteiger partial charge in [0.05, 0.1) is 19.2 Å². The summed E-state index contributed by atoms with van der Waals surface area (Å²) in [6.07, 6.45) is 3.30. The summed E-state index contributed by atoms with van der Waals surface area (Å²) < 4.78 is 13.2. The van der Waals surface area contributed by atoms with Crippen LogP contribution in [0, 0.1) is 0 Å². The number of nitrogens with zero attached hydrogens (tertiary/aromatic N) is 4. The van der Waals surface area contributed by atoms with E-state index in [-0.39, 0.29) is 6.61 Å². The second-order valence-corrected chi connectivity index (χ2v) is 12.9. The fraction of sp³-hybridized carbons (Fsp3) is 0.471. The van der Waals surface area contributed by atoms with E-state index in [1.807, 2.05) is 10.6 Å². The minimum atomic E-state index is -1.12. The number of rotatable bonds is 9. The van der Waals surface area contributed by atoms with E-state index in [0.717, 1.165) is 12.7 Å². The van der Waals surface area contributed by atoms with Gasteiger partial charge < -0.3 is 19.6 Å². The molecule has 26 heavy (non-hydrogen) atoms. The van der Waals surface area contributed by atoms with Crippen molar-refractivity contribution in [1.29, 1.82) is 0 Å². The highest BCUT2D eigenvalue weighted by Crippen LogP contribution is 2.26. The molecule has 0 spiro atoms. The maximum absolute atomic E-state index is 9.05. The van der Waals surface area contributed by atoms with Crippen LogP contribution in [0.2, 0.25) is 25.7 Å². The van der Waals surface area contributed by atoms with Crippen molar-refractivity contribution in [2.75, 3.05) is 25.1 Å². The number of anilines is 1. The zero-order valence-electron chi connectivity index (χ0n) is 15.4. The quantitative estimate of drug-likeness (QED) is 0.438. The summed E-state index contributed by atoms with van der Waals surface area (Å²) in [7, 11) is -1.12. The fourth-order valence-corrected chi connectivity index (χ4v) is 3.17. The average Bonchev–Trinajstić information content (AvgIpc) is 3.25. The Balaban J connectivity index is 1.87. The first kappa shape index (κ1) is 18.6. The van der Waals surface area contributed by atoms with Crippen molar-refractivity contribution in [2.24, 2.45) is 0 Å². The van der Waals surface area contributed by atoms with Crippen LogP contribution in [0.15, 0.2) is 29.1 Å². The van der Waals surface area contributed by atoms with Crippen molar-refractivity contribution in [1.82, 2.24) is 19.5 Å². The molecule has 3 aromatic heterocycles. The van der Waals surface area contributed by atoms with Gasteiger partial charge in [-0.25, -0.2) is 9.97 Å². The zero-order valence-corrected chi connectivity index (χ0v) is 16.4. The largest absolute Gasteiger partial charge is 0.463 e. The normalized spacial score (nSPS) is 12.0. The highest BCUT2D eigenvalue weighted by Gasteiger charge is 2.17. The molecule has 0 aliphatic carbocycles. The van der Waals surface area contributed by atoms with E-state index < -0.39 is 8.07 Å². The minimum absolute atomic E-state index is 0.00342. The molecule has 9 heteroatoms. The Kier molecular flexibility index (Phi) is 5.69. The first-order chi connectivity index (χ1) is 12.5. The van der Waals surface area contributed by atoms with Crippen molar-refractivity contribution in [3.8, 4) is 11.5 Å². The molecule has 0 aliphatic rings. The van der Waals surface area contributed by atoms with Crippen LogP contribution in [0.4, 0.5) is 5.95 Å². The van der Waals surface area contributed by atoms with Crippen LogP contribution in [-0.4, -0.2) is 52.5 Å². The van der Waals surface area contributed by atoms with Crippen molar-refractivity contribution in [2.45, 2.75) is 32.4 Å². The number of aliphatic hydroxyl groups is 1. The van der Waals surface area contributed by atoms with Crippen LogP contribution in [0.1, 0.15) is 0 Å². The predicted molar refractivity (Wildman–Crippen MR) is 103 cm³/mol. The van der Waals surface area contributed by atoms with E-state index in [2.05, 4.69) is 39.9 Å². The summed E-state index contributed by atoms with van der Waals surface area (Å²) in [6.45, 7) is 8.44. The van der Waals surface area contributed by atoms with Gasteiger partial charge in [0.2, 0.25) is 5.95 Å². The molecule has 2 N–H and O–H groups in total. The van der Waals surface area contributed by atoms with Gasteiger partial charge in [-0.15, -0.1) is 0 Å². The summed E-state index contributed by atoms with van der Waals surface area (Å²) in [6, 6.07) is 4.75. The lowest BCUT2D eigenvalue weighted by Gasteiger charge is -2.15. The van der Waals surface area contributed by atoms with Crippen molar-refractivity contribution >= 4 is 25.2 Å². The first-order valence-electron chi connectivity index (χ1n) is 8.67. The Labute approximate surface area is 153 Å². The molecule has 0 aliphatic heterocycles. The molecule has 3 heterocycles. The number of aliphatic hydroxyl groups excluding tert-OH is 1. The fourth-order valence-electron chi connectivity index (χ4n) is 2.41. The lowest BCUT2D eigenvalue weighted by molar-refractivity contribution is 0.0895. The molecule has 0 fully saturated rings. The summed E-state index contributed by atoms with van der Waals surface area (Å²) in [5, 5.41) is 12.0. The number of hydrogen-bond donors (Lipinski definition) is 2. The molecular formula is C17H25N5O3Si. The molecule has 0 saturated carbocycles. The summed E-state index contributed by atoms with van der Waals surface area (Å²) in [5.74, 6) is 1.04. The van der Waals surface area contributed by atoms with Crippen LogP contribution < -0.4 is 5.32 Å². The van der Waals surface area contributed by atoms with Gasteiger partial charge in [-0.1, -0.05) is 19.6 Å². The number of nitrogens with one attached hydrogen (secondary N) is 1. The molecule has 0 aromatic carbocycles. The molecular weight excluding hydrogens is 350 g/mol. The molecule has 0 amide bonds. The SMILES string of the molecule is C[Si](C)(C)CCOCn1cnc2c(-c3ccco3)nc(NCCO)nc21. The van der Waals surface area contributed by atoms with Crippen LogP contribution in [-0.2, 0) is 11.5 Å². The van der Waals surface area contributed by atoms with E-state index in [9.17, 15) is 0 Å². The predicted octanol–water partition coefficient (Wildman–Crippen LogP) is 2.80. The molecule has 0 radical (unpaired) electrons. The van der Waals surface area contributed by atoms with Gasteiger partial charge in [0, 0.05) is 21.2 Å². The third-order valence-corrected chi connectivity index (χ3v) is 5.54. The van der Waals surface area contributed by atoms with Gasteiger partial charge in [-0.2, -0.15) is 4.98 Å². The topological polar surface area (TPSA) is 98.2 Å². The Morgan fingerprint density at radius 2 is 2.15 bits per heavy atom. The Morgan fingerprint density at radius 3 is 2.85 bits per heavy atom. The number of aromatic nitrogens is 4. The molecule has 3 rings (SSSR count). The standard InChI is InChI=1S/C17H25N5O3Si/c1-26(2,3)10-9-24-12-22-11-19-15-14(13-5-4-8-25-13)20-17(18-6-7-23)21-16(15)22/h4-5,8,11,23H,6-7,9-10,12H2,1-3H3,(H,18,20,21). The molecule has 140 valence electrons. The third-order valence-electron chi connectivity index (χ3n) is 3.84. The van der Waals surface area contributed by atoms with Crippen LogP contribution in [0.5, 0.6) is 0 Å². The highest BCUT2D eigenvalue weighted by molar-refractivity contribution is 6.76. The van der Waals surface area contributed by atoms with Gasteiger partial charge >= 0.3 is 0 Å². The van der Waals surface area contributed by atoms with E-state index >= 15 is 0 Å². The van der Waals surface area contributed by atoms with Crippen LogP contribution >= 0.6 is 0 Å². The number of furan rings is 1. The van der Waals surface area contributed by atoms with Gasteiger partial charge in [-0.05, 0) is 18.2 Å². The number of ether oxygens (including phenoxy) is 1. The highest BCUT2D eigenvalue weighted by atomic mass is 28.3. The minimum Gasteiger partial charge on any atom is -0.463 e. The summed E-state index contributed by atoms with van der Waals surface area (Å²) >= 11 is 0. The number of hydrogen-bond acceptors (Lipinski definition) is 7. The van der Waals surface area contributed by atoms with Gasteiger partial charge in [-0.3, -0.25) is 4.57 Å². The third kappa shape index (κ3) is 4.48. The average molecular weight is 376 g/mol. The molecule has 0 bridgehead atoms. The van der Waals surface area contributed by atoms with Gasteiger partial charge in [0.15, 0.2) is 11.4 Å². The lowest BCUT2D eigenvalue weighted by atomic mass is 10.3. The van der Waals surface area contributed by atoms with Crippen molar-refractivity contribution in [3.05, 3.63) is 24.7 Å². The maximum atomic E-state index is 9.05. The Morgan fingerprint density at radius 1 is 1.31 bits per heavy atom. The Bertz CT molecular complexity index is 842. The van der Waals surface area contributed by atoms with Crippen LogP contribution in [0.25, 0.3) is 22.6 Å². The van der Waals surface area contributed by atoms with E-state index in [4.69, 9.17) is 14.3 Å². The molecule has 0 saturated heterocycles. The van der Waals surface area contributed by atoms with Gasteiger partial charge in [0.25, 0.3) is 0 Å². The van der Waals surface area contributed by atoms with E-state index in [0.29, 0.717) is 41.8 Å².